The third kappa shape index (κ3) is 8.65. The van der Waals surface area contributed by atoms with Gasteiger partial charge in [-0.3, -0.25) is 9.80 Å². The van der Waals surface area contributed by atoms with Crippen LogP contribution in [0.15, 0.2) is 24.3 Å². The molecule has 0 amide bonds. The number of aryl methyl sites for hydroxylation is 1. The zero-order chi connectivity index (χ0) is 37.4. The second-order valence-electron chi connectivity index (χ2n) is 14.6. The zero-order valence-electron chi connectivity index (χ0n) is 30.4. The molecule has 0 unspecified atom stereocenters. The van der Waals surface area contributed by atoms with Gasteiger partial charge in [0.05, 0.1) is 17.6 Å². The van der Waals surface area contributed by atoms with Crippen LogP contribution in [0.5, 0.6) is 0 Å². The minimum absolute atomic E-state index is 0.0868. The Morgan fingerprint density at radius 3 is 2.38 bits per heavy atom. The number of hydrogen-bond acceptors (Lipinski definition) is 10. The molecule has 2 N–H and O–H groups in total. The number of thiophene rings is 1. The van der Waals surface area contributed by atoms with Crippen molar-refractivity contribution < 1.29 is 21.6 Å². The number of nitrogens with one attached hydrogen (secondary N) is 2. The highest BCUT2D eigenvalue weighted by atomic mass is 32.2. The summed E-state index contributed by atoms with van der Waals surface area (Å²) in [7, 11) is -1.56. The molecular weight excluding hydrogens is 712 g/mol. The summed E-state index contributed by atoms with van der Waals surface area (Å²) in [5.41, 5.74) is 4.00. The molecule has 2 aliphatic heterocycles. The second kappa shape index (κ2) is 15.5. The molecule has 16 heteroatoms. The molecule has 4 aromatic rings. The lowest BCUT2D eigenvalue weighted by molar-refractivity contribution is -0.126. The van der Waals surface area contributed by atoms with Crippen LogP contribution in [0, 0.1) is 24.2 Å². The average Bonchev–Trinajstić information content (AvgIpc) is 3.66. The maximum Gasteiger partial charge on any atom is 0.393 e. The standard InChI is InChI=1S/C36H48F3N9O2S2/c1-23(2)22-52(49,50)47-14-12-46(13-15-47)24(3)20-48-28(19-40)16-30-25(4)26(6-7-32(30)48)21-45-10-8-27(9-11-45)42-33-31-17-29(18-36(37,38)39)51-34(31)44-35(41-5)43-33/h6-7,16-17,23-24,27H,8-15,18,20-22H2,1-5H3,(H2,41,42,43,44)/t24-/m0/s1. The van der Waals surface area contributed by atoms with Crippen LogP contribution in [0.2, 0.25) is 0 Å². The molecule has 2 saturated heterocycles. The number of hydrogen-bond donors (Lipinski definition) is 2. The van der Waals surface area contributed by atoms with Crippen molar-refractivity contribution in [2.75, 3.05) is 62.7 Å². The molecule has 282 valence electrons. The van der Waals surface area contributed by atoms with Gasteiger partial charge in [0.2, 0.25) is 16.0 Å². The molecule has 0 saturated carbocycles. The van der Waals surface area contributed by atoms with Gasteiger partial charge in [-0.15, -0.1) is 11.3 Å². The molecular formula is C36H48F3N9O2S2. The minimum atomic E-state index is -4.29. The fourth-order valence-corrected chi connectivity index (χ4v) is 10.3. The molecule has 1 aromatic carbocycles. The molecule has 2 aliphatic rings. The Bertz CT molecular complexity index is 2040. The van der Waals surface area contributed by atoms with E-state index in [0.717, 1.165) is 60.3 Å². The minimum Gasteiger partial charge on any atom is -0.367 e. The summed E-state index contributed by atoms with van der Waals surface area (Å²) in [4.78, 5) is 14.4. The van der Waals surface area contributed by atoms with E-state index in [1.165, 1.54) is 5.56 Å². The number of nitrogens with zero attached hydrogens (tertiary/aromatic N) is 7. The largest absolute Gasteiger partial charge is 0.393 e. The number of nitriles is 1. The Morgan fingerprint density at radius 1 is 1.04 bits per heavy atom. The summed E-state index contributed by atoms with van der Waals surface area (Å²) in [6.07, 6.45) is -3.57. The van der Waals surface area contributed by atoms with Gasteiger partial charge in [0.25, 0.3) is 0 Å². The van der Waals surface area contributed by atoms with Gasteiger partial charge in [0, 0.05) is 87.3 Å². The van der Waals surface area contributed by atoms with Crippen molar-refractivity contribution >= 4 is 54.2 Å². The quantitative estimate of drug-likeness (QED) is 0.178. The first-order valence-electron chi connectivity index (χ1n) is 17.9. The number of piperidine rings is 1. The Balaban J connectivity index is 1.08. The Kier molecular flexibility index (Phi) is 11.4. The van der Waals surface area contributed by atoms with Crippen LogP contribution in [-0.4, -0.2) is 107 Å². The monoisotopic (exact) mass is 759 g/mol. The van der Waals surface area contributed by atoms with Crippen LogP contribution in [-0.2, 0) is 29.5 Å². The topological polar surface area (TPSA) is 122 Å². The summed E-state index contributed by atoms with van der Waals surface area (Å²) in [5.74, 6) is 1.18. The lowest BCUT2D eigenvalue weighted by Crippen LogP contribution is -2.52. The zero-order valence-corrected chi connectivity index (χ0v) is 32.1. The maximum absolute atomic E-state index is 13.1. The van der Waals surface area contributed by atoms with Crippen molar-refractivity contribution in [1.29, 1.82) is 5.26 Å². The third-order valence-electron chi connectivity index (χ3n) is 10.2. The molecule has 5 heterocycles. The van der Waals surface area contributed by atoms with E-state index in [1.807, 2.05) is 19.9 Å². The van der Waals surface area contributed by atoms with Crippen LogP contribution in [0.25, 0.3) is 21.1 Å². The lowest BCUT2D eigenvalue weighted by Gasteiger charge is -2.38. The van der Waals surface area contributed by atoms with Crippen molar-refractivity contribution in [3.63, 3.8) is 0 Å². The SMILES string of the molecule is CNc1nc(NC2CCN(Cc3ccc4c(cc(C#N)n4C[C@H](C)N4CCN(S(=O)(=O)CC(C)C)CC4)c3C)CC2)c2cc(CC(F)(F)F)sc2n1. The van der Waals surface area contributed by atoms with Gasteiger partial charge in [0.15, 0.2) is 0 Å². The lowest BCUT2D eigenvalue weighted by atomic mass is 10.0. The highest BCUT2D eigenvalue weighted by molar-refractivity contribution is 7.89. The first-order chi connectivity index (χ1) is 24.6. The Morgan fingerprint density at radius 2 is 1.75 bits per heavy atom. The summed E-state index contributed by atoms with van der Waals surface area (Å²) < 4.78 is 68.5. The van der Waals surface area contributed by atoms with E-state index in [4.69, 9.17) is 0 Å². The molecule has 0 spiro atoms. The number of alkyl halides is 3. The molecule has 52 heavy (non-hydrogen) atoms. The molecule has 0 bridgehead atoms. The van der Waals surface area contributed by atoms with E-state index in [1.54, 1.807) is 17.4 Å². The number of fused-ring (bicyclic) bond motifs is 2. The predicted octanol–water partition coefficient (Wildman–Crippen LogP) is 6.04. The van der Waals surface area contributed by atoms with Gasteiger partial charge in [-0.25, -0.2) is 13.4 Å². The first-order valence-corrected chi connectivity index (χ1v) is 20.3. The fraction of sp³-hybridized carbons (Fsp3) is 0.583. The smallest absolute Gasteiger partial charge is 0.367 e. The van der Waals surface area contributed by atoms with Crippen molar-refractivity contribution in [3.8, 4) is 6.07 Å². The molecule has 1 atom stereocenters. The second-order valence-corrected chi connectivity index (χ2v) is 17.7. The number of anilines is 2. The number of piperazine rings is 1. The van der Waals surface area contributed by atoms with Gasteiger partial charge in [-0.05, 0) is 61.9 Å². The molecule has 6 rings (SSSR count). The molecule has 0 radical (unpaired) electrons. The highest BCUT2D eigenvalue weighted by Gasteiger charge is 2.31. The van der Waals surface area contributed by atoms with Gasteiger partial charge >= 0.3 is 6.18 Å². The maximum atomic E-state index is 13.1. The average molecular weight is 760 g/mol. The fourth-order valence-electron chi connectivity index (χ4n) is 7.46. The summed E-state index contributed by atoms with van der Waals surface area (Å²) in [6.45, 7) is 13.5. The summed E-state index contributed by atoms with van der Waals surface area (Å²) in [5, 5.41) is 18.2. The van der Waals surface area contributed by atoms with Gasteiger partial charge in [0.1, 0.15) is 22.4 Å². The summed E-state index contributed by atoms with van der Waals surface area (Å²) in [6, 6.07) is 10.5. The predicted molar refractivity (Wildman–Crippen MR) is 201 cm³/mol. The van der Waals surface area contributed by atoms with E-state index in [0.29, 0.717) is 60.4 Å². The van der Waals surface area contributed by atoms with Gasteiger partial charge in [-0.1, -0.05) is 19.9 Å². The number of halogens is 3. The van der Waals surface area contributed by atoms with E-state index < -0.39 is 22.6 Å². The highest BCUT2D eigenvalue weighted by Crippen LogP contribution is 2.35. The first kappa shape index (κ1) is 38.2. The Hall–Kier alpha value is -3.49. The molecule has 11 nitrogen and oxygen atoms in total. The third-order valence-corrected chi connectivity index (χ3v) is 13.5. The van der Waals surface area contributed by atoms with E-state index in [9.17, 15) is 26.9 Å². The van der Waals surface area contributed by atoms with Crippen LogP contribution in [0.4, 0.5) is 24.9 Å². The van der Waals surface area contributed by atoms with Crippen LogP contribution >= 0.6 is 11.3 Å². The number of benzene rings is 1. The van der Waals surface area contributed by atoms with Crippen LogP contribution < -0.4 is 10.6 Å². The number of aromatic nitrogens is 3. The van der Waals surface area contributed by atoms with Gasteiger partial charge < -0.3 is 15.2 Å². The van der Waals surface area contributed by atoms with Gasteiger partial charge in [-0.2, -0.15) is 27.7 Å². The van der Waals surface area contributed by atoms with Crippen molar-refractivity contribution in [2.24, 2.45) is 5.92 Å². The van der Waals surface area contributed by atoms with Crippen LogP contribution in [0.3, 0.4) is 0 Å². The van der Waals surface area contributed by atoms with Crippen molar-refractivity contribution in [1.82, 2.24) is 28.6 Å². The summed E-state index contributed by atoms with van der Waals surface area (Å²) >= 11 is 1.05. The normalized spacial score (nSPS) is 18.0. The number of sulfonamides is 1. The molecule has 2 fully saturated rings. The van der Waals surface area contributed by atoms with Crippen molar-refractivity contribution in [3.05, 3.63) is 46.0 Å². The number of rotatable bonds is 12. The number of likely N-dealkylation sites (tertiary alicyclic amines) is 1. The van der Waals surface area contributed by atoms with Crippen LogP contribution in [0.1, 0.15) is 55.3 Å². The van der Waals surface area contributed by atoms with E-state index in [-0.39, 0.29) is 28.6 Å². The Labute approximate surface area is 307 Å². The molecule has 0 aliphatic carbocycles. The van der Waals surface area contributed by atoms with E-state index >= 15 is 0 Å². The molecule has 3 aromatic heterocycles. The van der Waals surface area contributed by atoms with Crippen molar-refractivity contribution in [2.45, 2.75) is 78.3 Å². The van der Waals surface area contributed by atoms with E-state index in [2.05, 4.69) is 67.0 Å².